The minimum absolute atomic E-state index is 0.177. The fourth-order valence-electron chi connectivity index (χ4n) is 1.72. The number of carbonyl (C=O) groups excluding carboxylic acids is 1. The largest absolute Gasteiger partial charge is 0.352 e. The number of hydrogen-bond donors (Lipinski definition) is 1. The van der Waals surface area contributed by atoms with Gasteiger partial charge in [0, 0.05) is 30.9 Å². The van der Waals surface area contributed by atoms with E-state index in [1.54, 1.807) is 12.1 Å². The van der Waals surface area contributed by atoms with Gasteiger partial charge in [0.15, 0.2) is 0 Å². The van der Waals surface area contributed by atoms with Crippen molar-refractivity contribution in [3.05, 3.63) is 64.3 Å². The lowest BCUT2D eigenvalue weighted by atomic mass is 10.2. The number of aryl methyl sites for hydroxylation is 1. The number of nitrogens with one attached hydrogen (secondary N) is 1. The number of rotatable bonds is 5. The van der Waals surface area contributed by atoms with Crippen molar-refractivity contribution in [1.29, 1.82) is 0 Å². The Morgan fingerprint density at radius 1 is 1.30 bits per heavy atom. The molecule has 6 heteroatoms. The highest BCUT2D eigenvalue weighted by atomic mass is 19.1. The fraction of sp³-hybridized carbons (Fsp3) is 0.214. The van der Waals surface area contributed by atoms with Crippen LogP contribution in [0, 0.1) is 5.82 Å². The van der Waals surface area contributed by atoms with E-state index < -0.39 is 5.82 Å². The first kappa shape index (κ1) is 13.9. The summed E-state index contributed by atoms with van der Waals surface area (Å²) in [7, 11) is 0. The summed E-state index contributed by atoms with van der Waals surface area (Å²) in [6.45, 7) is 0.807. The average Bonchev–Trinajstić information content (AvgIpc) is 2.45. The van der Waals surface area contributed by atoms with Crippen LogP contribution >= 0.6 is 0 Å². The van der Waals surface area contributed by atoms with Crippen LogP contribution in [0.5, 0.6) is 0 Å². The third-order valence-electron chi connectivity index (χ3n) is 2.70. The van der Waals surface area contributed by atoms with Gasteiger partial charge >= 0.3 is 0 Å². The minimum Gasteiger partial charge on any atom is -0.352 e. The Kier molecular flexibility index (Phi) is 4.60. The van der Waals surface area contributed by atoms with E-state index in [4.69, 9.17) is 0 Å². The Balaban J connectivity index is 1.80. The molecule has 0 fully saturated rings. The van der Waals surface area contributed by atoms with Crippen LogP contribution in [-0.2, 0) is 6.54 Å². The molecule has 0 aliphatic rings. The van der Waals surface area contributed by atoms with Crippen molar-refractivity contribution in [1.82, 2.24) is 15.1 Å². The van der Waals surface area contributed by atoms with Crippen LogP contribution in [0.2, 0.25) is 0 Å². The lowest BCUT2D eigenvalue weighted by Crippen LogP contribution is -2.27. The molecule has 1 amide bonds. The predicted octanol–water partition coefficient (Wildman–Crippen LogP) is 1.20. The van der Waals surface area contributed by atoms with Crippen LogP contribution in [0.25, 0.3) is 0 Å². The second-order valence-corrected chi connectivity index (χ2v) is 4.20. The summed E-state index contributed by atoms with van der Waals surface area (Å²) in [6.07, 6.45) is 2.10. The van der Waals surface area contributed by atoms with E-state index in [2.05, 4.69) is 10.4 Å². The zero-order valence-corrected chi connectivity index (χ0v) is 10.8. The van der Waals surface area contributed by atoms with Crippen LogP contribution in [0.3, 0.4) is 0 Å². The normalized spacial score (nSPS) is 10.2. The summed E-state index contributed by atoms with van der Waals surface area (Å²) < 4.78 is 14.3. The first-order valence-electron chi connectivity index (χ1n) is 6.23. The molecule has 0 aliphatic heterocycles. The van der Waals surface area contributed by atoms with Gasteiger partial charge in [0.1, 0.15) is 5.82 Å². The molecular weight excluding hydrogens is 261 g/mol. The maximum atomic E-state index is 13.0. The number of hydrogen-bond acceptors (Lipinski definition) is 3. The van der Waals surface area contributed by atoms with Crippen LogP contribution in [0.4, 0.5) is 4.39 Å². The molecule has 5 nitrogen and oxygen atoms in total. The molecule has 0 atom stereocenters. The van der Waals surface area contributed by atoms with E-state index in [1.807, 2.05) is 0 Å². The first-order chi connectivity index (χ1) is 9.66. The number of aromatic nitrogens is 2. The quantitative estimate of drug-likeness (QED) is 0.834. The van der Waals surface area contributed by atoms with Crippen LogP contribution < -0.4 is 10.9 Å². The molecule has 0 saturated carbocycles. The molecule has 104 valence electrons. The molecule has 1 N–H and O–H groups in total. The molecular formula is C14H14FN3O2. The van der Waals surface area contributed by atoms with Gasteiger partial charge in [-0.1, -0.05) is 6.07 Å². The molecule has 20 heavy (non-hydrogen) atoms. The molecule has 0 spiro atoms. The molecule has 0 aliphatic carbocycles. The zero-order chi connectivity index (χ0) is 14.4. The molecule has 0 bridgehead atoms. The molecule has 2 aromatic rings. The maximum Gasteiger partial charge on any atom is 0.266 e. The molecule has 0 unspecified atom stereocenters. The van der Waals surface area contributed by atoms with Crippen LogP contribution in [-0.4, -0.2) is 22.2 Å². The Bertz CT molecular complexity index is 655. The van der Waals surface area contributed by atoms with Crippen molar-refractivity contribution in [3.8, 4) is 0 Å². The number of benzene rings is 1. The average molecular weight is 275 g/mol. The molecule has 2 rings (SSSR count). The minimum atomic E-state index is -0.447. The number of nitrogens with zero attached hydrogens (tertiary/aromatic N) is 2. The highest BCUT2D eigenvalue weighted by molar-refractivity contribution is 5.94. The van der Waals surface area contributed by atoms with E-state index in [-0.39, 0.29) is 17.0 Å². The van der Waals surface area contributed by atoms with Crippen molar-refractivity contribution in [2.45, 2.75) is 13.0 Å². The standard InChI is InChI=1S/C14H14FN3O2/c15-12-5-1-4-11(10-12)14(20)16-7-3-9-18-13(19)6-2-8-17-18/h1-2,4-6,8,10H,3,7,9H2,(H,16,20). The van der Waals surface area contributed by atoms with Gasteiger partial charge in [-0.2, -0.15) is 5.10 Å². The maximum absolute atomic E-state index is 13.0. The van der Waals surface area contributed by atoms with Gasteiger partial charge in [0.2, 0.25) is 0 Å². The van der Waals surface area contributed by atoms with Gasteiger partial charge < -0.3 is 5.32 Å². The molecule has 1 aromatic carbocycles. The van der Waals surface area contributed by atoms with E-state index in [0.29, 0.717) is 19.5 Å². The number of halogens is 1. The fourth-order valence-corrected chi connectivity index (χ4v) is 1.72. The van der Waals surface area contributed by atoms with Crippen molar-refractivity contribution < 1.29 is 9.18 Å². The highest BCUT2D eigenvalue weighted by Crippen LogP contribution is 2.02. The smallest absolute Gasteiger partial charge is 0.266 e. The third kappa shape index (κ3) is 3.74. The summed E-state index contributed by atoms with van der Waals surface area (Å²) >= 11 is 0. The molecule has 0 radical (unpaired) electrons. The van der Waals surface area contributed by atoms with E-state index >= 15 is 0 Å². The van der Waals surface area contributed by atoms with Crippen LogP contribution in [0.1, 0.15) is 16.8 Å². The summed E-state index contributed by atoms with van der Waals surface area (Å²) in [6, 6.07) is 8.49. The predicted molar refractivity (Wildman–Crippen MR) is 71.8 cm³/mol. The Hall–Kier alpha value is -2.50. The number of carbonyl (C=O) groups is 1. The third-order valence-corrected chi connectivity index (χ3v) is 2.70. The van der Waals surface area contributed by atoms with E-state index in [1.165, 1.54) is 35.1 Å². The zero-order valence-electron chi connectivity index (χ0n) is 10.8. The molecule has 0 saturated heterocycles. The van der Waals surface area contributed by atoms with Crippen LogP contribution in [0.15, 0.2) is 47.4 Å². The van der Waals surface area contributed by atoms with Gasteiger partial charge in [-0.3, -0.25) is 9.59 Å². The molecule has 1 heterocycles. The van der Waals surface area contributed by atoms with Crippen molar-refractivity contribution in [2.75, 3.05) is 6.54 Å². The molecule has 1 aromatic heterocycles. The van der Waals surface area contributed by atoms with Gasteiger partial charge in [0.05, 0.1) is 0 Å². The lowest BCUT2D eigenvalue weighted by Gasteiger charge is -2.06. The summed E-state index contributed by atoms with van der Waals surface area (Å²) in [5.74, 6) is -0.782. The first-order valence-corrected chi connectivity index (χ1v) is 6.23. The Morgan fingerprint density at radius 2 is 2.15 bits per heavy atom. The van der Waals surface area contributed by atoms with Gasteiger partial charge in [-0.15, -0.1) is 0 Å². The van der Waals surface area contributed by atoms with Crippen molar-refractivity contribution >= 4 is 5.91 Å². The van der Waals surface area contributed by atoms with Gasteiger partial charge in [-0.25, -0.2) is 9.07 Å². The summed E-state index contributed by atoms with van der Waals surface area (Å²) in [5, 5.41) is 6.57. The second kappa shape index (κ2) is 6.60. The highest BCUT2D eigenvalue weighted by Gasteiger charge is 2.05. The topological polar surface area (TPSA) is 64.0 Å². The lowest BCUT2D eigenvalue weighted by molar-refractivity contribution is 0.0952. The summed E-state index contributed by atoms with van der Waals surface area (Å²) in [5.41, 5.74) is 0.101. The Morgan fingerprint density at radius 3 is 2.90 bits per heavy atom. The van der Waals surface area contributed by atoms with E-state index in [9.17, 15) is 14.0 Å². The van der Waals surface area contributed by atoms with Gasteiger partial charge in [-0.05, 0) is 30.7 Å². The summed E-state index contributed by atoms with van der Waals surface area (Å²) in [4.78, 5) is 23.1. The van der Waals surface area contributed by atoms with Gasteiger partial charge in [0.25, 0.3) is 11.5 Å². The van der Waals surface area contributed by atoms with E-state index in [0.717, 1.165) is 0 Å². The number of amides is 1. The Labute approximate surface area is 115 Å². The second-order valence-electron chi connectivity index (χ2n) is 4.20. The SMILES string of the molecule is O=C(NCCCn1ncccc1=O)c1cccc(F)c1. The van der Waals surface area contributed by atoms with Crippen molar-refractivity contribution in [2.24, 2.45) is 0 Å². The van der Waals surface area contributed by atoms with Crippen molar-refractivity contribution in [3.63, 3.8) is 0 Å². The monoisotopic (exact) mass is 275 g/mol.